The fourth-order valence-corrected chi connectivity index (χ4v) is 4.07. The lowest BCUT2D eigenvalue weighted by molar-refractivity contribution is -0.133. The number of aryl methyl sites for hydroxylation is 1. The smallest absolute Gasteiger partial charge is 0.227 e. The van der Waals surface area contributed by atoms with E-state index >= 15 is 0 Å². The van der Waals surface area contributed by atoms with Gasteiger partial charge in [-0.3, -0.25) is 4.79 Å². The van der Waals surface area contributed by atoms with E-state index in [1.54, 1.807) is 0 Å². The molecular weight excluding hydrogens is 290 g/mol. The molecule has 0 radical (unpaired) electrons. The highest BCUT2D eigenvalue weighted by Gasteiger charge is 2.34. The van der Waals surface area contributed by atoms with Crippen LogP contribution in [0.4, 0.5) is 0 Å². The first-order chi connectivity index (χ1) is 11.1. The van der Waals surface area contributed by atoms with Crippen molar-refractivity contribution in [2.45, 2.75) is 83.6 Å². The van der Waals surface area contributed by atoms with Crippen molar-refractivity contribution in [3.8, 4) is 0 Å². The standard InChI is InChI=1S/C18H29N3O2/c1-13(2)18-19-16(23-20-18)10-11-17(22)21-12-6-9-15(21)14-7-4-3-5-8-14/h13-15H,3-12H2,1-2H3. The normalized spacial score (nSPS) is 22.9. The van der Waals surface area contributed by atoms with E-state index in [1.807, 2.05) is 13.8 Å². The summed E-state index contributed by atoms with van der Waals surface area (Å²) in [6, 6.07) is 0.483. The molecule has 1 saturated heterocycles. The fourth-order valence-electron chi connectivity index (χ4n) is 4.07. The predicted molar refractivity (Wildman–Crippen MR) is 88.0 cm³/mol. The van der Waals surface area contributed by atoms with Crippen LogP contribution >= 0.6 is 0 Å². The van der Waals surface area contributed by atoms with Crippen LogP contribution in [0.5, 0.6) is 0 Å². The first-order valence-corrected chi connectivity index (χ1v) is 9.27. The summed E-state index contributed by atoms with van der Waals surface area (Å²) in [5.74, 6) is 2.58. The molecule has 1 aromatic rings. The summed E-state index contributed by atoms with van der Waals surface area (Å²) >= 11 is 0. The molecule has 0 N–H and O–H groups in total. The van der Waals surface area contributed by atoms with Crippen LogP contribution in [0.3, 0.4) is 0 Å². The minimum atomic E-state index is 0.262. The minimum absolute atomic E-state index is 0.262. The van der Waals surface area contributed by atoms with Crippen molar-refractivity contribution in [2.24, 2.45) is 5.92 Å². The van der Waals surface area contributed by atoms with E-state index in [0.717, 1.165) is 24.7 Å². The van der Waals surface area contributed by atoms with E-state index in [2.05, 4.69) is 15.0 Å². The maximum absolute atomic E-state index is 12.6. The summed E-state index contributed by atoms with van der Waals surface area (Å²) < 4.78 is 5.25. The molecule has 1 aromatic heterocycles. The Labute approximate surface area is 138 Å². The molecule has 3 rings (SSSR count). The Morgan fingerprint density at radius 1 is 1.22 bits per heavy atom. The summed E-state index contributed by atoms with van der Waals surface area (Å²) in [6.07, 6.45) is 10.0. The van der Waals surface area contributed by atoms with Crippen molar-refractivity contribution in [3.63, 3.8) is 0 Å². The molecule has 1 atom stereocenters. The molecule has 1 aliphatic heterocycles. The molecule has 5 nitrogen and oxygen atoms in total. The van der Waals surface area contributed by atoms with Crippen LogP contribution in [-0.2, 0) is 11.2 Å². The van der Waals surface area contributed by atoms with Gasteiger partial charge in [0.05, 0.1) is 0 Å². The zero-order chi connectivity index (χ0) is 16.2. The third kappa shape index (κ3) is 3.93. The maximum Gasteiger partial charge on any atom is 0.227 e. The van der Waals surface area contributed by atoms with Gasteiger partial charge < -0.3 is 9.42 Å². The monoisotopic (exact) mass is 319 g/mol. The zero-order valence-corrected chi connectivity index (χ0v) is 14.5. The number of nitrogens with zero attached hydrogens (tertiary/aromatic N) is 3. The molecule has 2 fully saturated rings. The lowest BCUT2D eigenvalue weighted by atomic mass is 9.83. The Bertz CT molecular complexity index is 520. The van der Waals surface area contributed by atoms with Crippen molar-refractivity contribution < 1.29 is 9.32 Å². The number of likely N-dealkylation sites (tertiary alicyclic amines) is 1. The molecule has 1 unspecified atom stereocenters. The van der Waals surface area contributed by atoms with Gasteiger partial charge in [0.25, 0.3) is 0 Å². The molecule has 2 heterocycles. The SMILES string of the molecule is CC(C)c1noc(CCC(=O)N2CCCC2C2CCCCC2)n1. The fraction of sp³-hybridized carbons (Fsp3) is 0.833. The molecule has 1 saturated carbocycles. The maximum atomic E-state index is 12.6. The molecular formula is C18H29N3O2. The van der Waals surface area contributed by atoms with Crippen molar-refractivity contribution in [1.82, 2.24) is 15.0 Å². The van der Waals surface area contributed by atoms with Crippen LogP contribution in [0, 0.1) is 5.92 Å². The Morgan fingerprint density at radius 2 is 2.00 bits per heavy atom. The van der Waals surface area contributed by atoms with Crippen LogP contribution in [0.1, 0.15) is 82.8 Å². The highest BCUT2D eigenvalue weighted by molar-refractivity contribution is 5.77. The second-order valence-corrected chi connectivity index (χ2v) is 7.40. The third-order valence-electron chi connectivity index (χ3n) is 5.37. The highest BCUT2D eigenvalue weighted by Crippen LogP contribution is 2.34. The van der Waals surface area contributed by atoms with Crippen LogP contribution in [0.25, 0.3) is 0 Å². The summed E-state index contributed by atoms with van der Waals surface area (Å²) in [5, 5.41) is 3.97. The van der Waals surface area contributed by atoms with E-state index in [0.29, 0.717) is 24.8 Å². The summed E-state index contributed by atoms with van der Waals surface area (Å²) in [6.45, 7) is 5.01. The molecule has 5 heteroatoms. The van der Waals surface area contributed by atoms with Gasteiger partial charge >= 0.3 is 0 Å². The number of aromatic nitrogens is 2. The van der Waals surface area contributed by atoms with Gasteiger partial charge in [-0.1, -0.05) is 38.3 Å². The molecule has 0 bridgehead atoms. The molecule has 2 aliphatic rings. The number of carbonyl (C=O) groups is 1. The molecule has 0 spiro atoms. The molecule has 1 amide bonds. The van der Waals surface area contributed by atoms with Gasteiger partial charge in [-0.2, -0.15) is 4.98 Å². The number of rotatable bonds is 5. The molecule has 1 aliphatic carbocycles. The third-order valence-corrected chi connectivity index (χ3v) is 5.37. The average Bonchev–Trinajstić information content (AvgIpc) is 3.23. The van der Waals surface area contributed by atoms with Gasteiger partial charge in [-0.05, 0) is 31.6 Å². The summed E-state index contributed by atoms with van der Waals surface area (Å²) in [7, 11) is 0. The Morgan fingerprint density at radius 3 is 2.70 bits per heavy atom. The van der Waals surface area contributed by atoms with E-state index < -0.39 is 0 Å². The van der Waals surface area contributed by atoms with Gasteiger partial charge in [-0.15, -0.1) is 0 Å². The van der Waals surface area contributed by atoms with Crippen molar-refractivity contribution in [1.29, 1.82) is 0 Å². The summed E-state index contributed by atoms with van der Waals surface area (Å²) in [5.41, 5.74) is 0. The first kappa shape index (κ1) is 16.5. The van der Waals surface area contributed by atoms with Gasteiger partial charge in [0, 0.05) is 31.3 Å². The van der Waals surface area contributed by atoms with Gasteiger partial charge in [-0.25, -0.2) is 0 Å². The zero-order valence-electron chi connectivity index (χ0n) is 14.5. The van der Waals surface area contributed by atoms with Crippen molar-refractivity contribution in [2.75, 3.05) is 6.54 Å². The lowest BCUT2D eigenvalue weighted by Gasteiger charge is -2.34. The molecule has 128 valence electrons. The van der Waals surface area contributed by atoms with E-state index in [9.17, 15) is 4.79 Å². The Balaban J connectivity index is 1.54. The second kappa shape index (κ2) is 7.45. The quantitative estimate of drug-likeness (QED) is 0.830. The highest BCUT2D eigenvalue weighted by atomic mass is 16.5. The average molecular weight is 319 g/mol. The Kier molecular flexibility index (Phi) is 5.34. The number of amides is 1. The lowest BCUT2D eigenvalue weighted by Crippen LogP contribution is -2.40. The van der Waals surface area contributed by atoms with Gasteiger partial charge in [0.1, 0.15) is 0 Å². The van der Waals surface area contributed by atoms with Crippen LogP contribution in [0.15, 0.2) is 4.52 Å². The van der Waals surface area contributed by atoms with E-state index in [4.69, 9.17) is 4.52 Å². The van der Waals surface area contributed by atoms with Gasteiger partial charge in [0.2, 0.25) is 11.8 Å². The topological polar surface area (TPSA) is 59.2 Å². The van der Waals surface area contributed by atoms with Gasteiger partial charge in [0.15, 0.2) is 5.82 Å². The second-order valence-electron chi connectivity index (χ2n) is 7.40. The number of hydrogen-bond acceptors (Lipinski definition) is 4. The number of carbonyl (C=O) groups excluding carboxylic acids is 1. The van der Waals surface area contributed by atoms with Crippen molar-refractivity contribution >= 4 is 5.91 Å². The minimum Gasteiger partial charge on any atom is -0.339 e. The van der Waals surface area contributed by atoms with Crippen LogP contribution < -0.4 is 0 Å². The predicted octanol–water partition coefficient (Wildman–Crippen LogP) is 3.70. The van der Waals surface area contributed by atoms with Crippen LogP contribution in [0.2, 0.25) is 0 Å². The van der Waals surface area contributed by atoms with E-state index in [1.165, 1.54) is 38.5 Å². The Hall–Kier alpha value is -1.39. The molecule has 23 heavy (non-hydrogen) atoms. The largest absolute Gasteiger partial charge is 0.339 e. The summed E-state index contributed by atoms with van der Waals surface area (Å²) in [4.78, 5) is 19.2. The van der Waals surface area contributed by atoms with Crippen molar-refractivity contribution in [3.05, 3.63) is 11.7 Å². The van der Waals surface area contributed by atoms with E-state index in [-0.39, 0.29) is 11.8 Å². The van der Waals surface area contributed by atoms with Crippen LogP contribution in [-0.4, -0.2) is 33.5 Å². The number of hydrogen-bond donors (Lipinski definition) is 0. The first-order valence-electron chi connectivity index (χ1n) is 9.27. The molecule has 0 aromatic carbocycles.